The van der Waals surface area contributed by atoms with Gasteiger partial charge in [-0.05, 0) is 56.2 Å². The first-order valence-electron chi connectivity index (χ1n) is 14.6. The van der Waals surface area contributed by atoms with Gasteiger partial charge in [-0.1, -0.05) is 50.2 Å². The normalized spacial score (nSPS) is 12.0. The van der Waals surface area contributed by atoms with E-state index in [-0.39, 0.29) is 11.1 Å². The Morgan fingerprint density at radius 3 is 1.52 bits per heavy atom. The molecular formula is C35H27N5O2S2. The first-order chi connectivity index (χ1) is 21.3. The minimum absolute atomic E-state index is 0.134. The van der Waals surface area contributed by atoms with Gasteiger partial charge in [0.15, 0.2) is 0 Å². The molecule has 44 heavy (non-hydrogen) atoms. The predicted octanol–water partition coefficient (Wildman–Crippen LogP) is 8.18. The van der Waals surface area contributed by atoms with Gasteiger partial charge in [0, 0.05) is 36.5 Å². The van der Waals surface area contributed by atoms with Crippen molar-refractivity contribution in [1.82, 2.24) is 18.8 Å². The van der Waals surface area contributed by atoms with E-state index in [9.17, 15) is 9.59 Å². The van der Waals surface area contributed by atoms with Crippen molar-refractivity contribution in [2.75, 3.05) is 5.73 Å². The lowest BCUT2D eigenvalue weighted by atomic mass is 10.0. The standard InChI is InChI=1S/C33H21N5O2S2.C2H6/c1-14-12-21(41-16(14)3)23-25-27(37-30(35-25)17-8-4-6-10-19(17)32(37)39)24(22-13-15(2)29(34)42-22)28-26(23)36-31-18-9-5-7-11-20(18)33(40)38(28)31;1-2/h4-13H,34H2,1-3H3;1-2H3. The summed E-state index contributed by atoms with van der Waals surface area (Å²) in [5.74, 6) is 0. The summed E-state index contributed by atoms with van der Waals surface area (Å²) in [6, 6.07) is 19.3. The van der Waals surface area contributed by atoms with Crippen molar-refractivity contribution in [2.45, 2.75) is 34.6 Å². The maximum Gasteiger partial charge on any atom is 0.264 e. The van der Waals surface area contributed by atoms with Crippen LogP contribution in [-0.4, -0.2) is 18.8 Å². The molecule has 0 aliphatic heterocycles. The quantitative estimate of drug-likeness (QED) is 0.212. The number of imidazole rings is 2. The summed E-state index contributed by atoms with van der Waals surface area (Å²) in [5.41, 5.74) is 13.8. The lowest BCUT2D eigenvalue weighted by molar-refractivity contribution is 1.20. The van der Waals surface area contributed by atoms with Crippen molar-refractivity contribution < 1.29 is 0 Å². The topological polar surface area (TPSA) is 94.8 Å². The van der Waals surface area contributed by atoms with Gasteiger partial charge in [-0.3, -0.25) is 18.4 Å². The van der Waals surface area contributed by atoms with Crippen molar-refractivity contribution in [3.05, 3.63) is 97.4 Å². The van der Waals surface area contributed by atoms with Gasteiger partial charge in [-0.2, -0.15) is 0 Å². The van der Waals surface area contributed by atoms with Crippen molar-refractivity contribution in [2.24, 2.45) is 0 Å². The van der Waals surface area contributed by atoms with Gasteiger partial charge in [0.25, 0.3) is 11.1 Å². The molecule has 0 saturated carbocycles. The second kappa shape index (κ2) is 9.32. The number of aromatic nitrogens is 4. The van der Waals surface area contributed by atoms with Crippen LogP contribution >= 0.6 is 22.7 Å². The van der Waals surface area contributed by atoms with Crippen molar-refractivity contribution in [1.29, 1.82) is 0 Å². The van der Waals surface area contributed by atoms with Gasteiger partial charge in [-0.15, -0.1) is 22.7 Å². The van der Waals surface area contributed by atoms with Gasteiger partial charge in [0.05, 0.1) is 26.8 Å². The van der Waals surface area contributed by atoms with Crippen LogP contribution in [0.15, 0.2) is 70.3 Å². The molecule has 9 aromatic rings. The first-order valence-corrected chi connectivity index (χ1v) is 16.2. The third kappa shape index (κ3) is 3.31. The zero-order valence-corrected chi connectivity index (χ0v) is 26.4. The van der Waals surface area contributed by atoms with Gasteiger partial charge in [0.2, 0.25) is 0 Å². The molecule has 3 aromatic carbocycles. The van der Waals surface area contributed by atoms with E-state index in [0.717, 1.165) is 37.2 Å². The van der Waals surface area contributed by atoms with Gasteiger partial charge >= 0.3 is 0 Å². The lowest BCUT2D eigenvalue weighted by Crippen LogP contribution is -2.08. The molecule has 0 aliphatic carbocycles. The molecule has 9 rings (SSSR count). The highest BCUT2D eigenvalue weighted by atomic mass is 32.1. The Hall–Kier alpha value is -4.86. The fourth-order valence-electron chi connectivity index (χ4n) is 6.38. The second-order valence-corrected chi connectivity index (χ2v) is 13.2. The zero-order chi connectivity index (χ0) is 30.6. The molecule has 6 aromatic heterocycles. The number of thiophene rings is 2. The maximum atomic E-state index is 14.1. The van der Waals surface area contributed by atoms with E-state index in [2.05, 4.69) is 19.9 Å². The number of rotatable bonds is 2. The maximum absolute atomic E-state index is 14.1. The molecule has 0 spiro atoms. The minimum Gasteiger partial charge on any atom is -0.390 e. The average molecular weight is 614 g/mol. The summed E-state index contributed by atoms with van der Waals surface area (Å²) in [4.78, 5) is 41.6. The molecular weight excluding hydrogens is 587 g/mol. The number of hydrogen-bond acceptors (Lipinski definition) is 7. The number of nitrogens with two attached hydrogens (primary N) is 1. The molecule has 0 fully saturated rings. The third-order valence-corrected chi connectivity index (χ3v) is 10.8. The Morgan fingerprint density at radius 1 is 0.636 bits per heavy atom. The number of fused-ring (bicyclic) bond motifs is 10. The largest absolute Gasteiger partial charge is 0.390 e. The summed E-state index contributed by atoms with van der Waals surface area (Å²) in [5, 5.41) is 3.50. The summed E-state index contributed by atoms with van der Waals surface area (Å²) >= 11 is 3.12. The average Bonchev–Trinajstić information content (AvgIpc) is 3.86. The van der Waals surface area contributed by atoms with Crippen molar-refractivity contribution >= 4 is 82.6 Å². The van der Waals surface area contributed by atoms with Crippen molar-refractivity contribution in [3.63, 3.8) is 0 Å². The van der Waals surface area contributed by atoms with E-state index in [0.29, 0.717) is 49.1 Å². The van der Waals surface area contributed by atoms with Crippen LogP contribution in [0.3, 0.4) is 0 Å². The number of nitrogen functional groups attached to an aromatic ring is 1. The van der Waals surface area contributed by atoms with Crippen LogP contribution in [0.5, 0.6) is 0 Å². The summed E-state index contributed by atoms with van der Waals surface area (Å²) in [6.07, 6.45) is 0. The molecule has 0 unspecified atom stereocenters. The lowest BCUT2D eigenvalue weighted by Gasteiger charge is -2.09. The number of nitrogens with zero attached hydrogens (tertiary/aromatic N) is 4. The summed E-state index contributed by atoms with van der Waals surface area (Å²) in [6.45, 7) is 10.2. The molecule has 0 radical (unpaired) electrons. The fourth-order valence-corrected chi connectivity index (χ4v) is 8.45. The molecule has 0 saturated heterocycles. The highest BCUT2D eigenvalue weighted by molar-refractivity contribution is 7.19. The predicted molar refractivity (Wildman–Crippen MR) is 185 cm³/mol. The van der Waals surface area contributed by atoms with Gasteiger partial charge in [0.1, 0.15) is 22.3 Å². The summed E-state index contributed by atoms with van der Waals surface area (Å²) in [7, 11) is 0. The second-order valence-electron chi connectivity index (χ2n) is 10.9. The van der Waals surface area contributed by atoms with Crippen LogP contribution in [0.25, 0.3) is 75.8 Å². The van der Waals surface area contributed by atoms with Crippen LogP contribution < -0.4 is 16.9 Å². The molecule has 6 heterocycles. The van der Waals surface area contributed by atoms with E-state index in [1.807, 2.05) is 75.4 Å². The molecule has 7 nitrogen and oxygen atoms in total. The van der Waals surface area contributed by atoms with E-state index in [1.165, 1.54) is 21.8 Å². The SMILES string of the molecule is CC.Cc1cc(-c2c3nc4c5ccccc5c(=O)n4c3c(-c3cc(C)c(N)s3)c3c2nc2c4ccccc4c(=O)n23)sc1C. The molecule has 216 valence electrons. The number of benzene rings is 3. The molecule has 0 amide bonds. The summed E-state index contributed by atoms with van der Waals surface area (Å²) < 4.78 is 3.45. The van der Waals surface area contributed by atoms with Crippen LogP contribution in [0.1, 0.15) is 29.9 Å². The Balaban J connectivity index is 0.00000142. The molecule has 0 bridgehead atoms. The van der Waals surface area contributed by atoms with E-state index in [4.69, 9.17) is 15.7 Å². The van der Waals surface area contributed by atoms with E-state index >= 15 is 0 Å². The highest BCUT2D eigenvalue weighted by Crippen LogP contribution is 2.48. The Kier molecular flexibility index (Phi) is 5.66. The van der Waals surface area contributed by atoms with Gasteiger partial charge in [-0.25, -0.2) is 9.97 Å². The Bertz CT molecular complexity index is 2550. The van der Waals surface area contributed by atoms with Crippen LogP contribution in [0, 0.1) is 20.8 Å². The zero-order valence-electron chi connectivity index (χ0n) is 24.8. The number of hydrogen-bond donors (Lipinski definition) is 1. The fraction of sp³-hybridized carbons (Fsp3) is 0.143. The Labute approximate surface area is 259 Å². The van der Waals surface area contributed by atoms with Gasteiger partial charge < -0.3 is 5.73 Å². The van der Waals surface area contributed by atoms with Crippen LogP contribution in [0.2, 0.25) is 0 Å². The number of anilines is 1. The van der Waals surface area contributed by atoms with E-state index < -0.39 is 0 Å². The first kappa shape index (κ1) is 26.7. The Morgan fingerprint density at radius 2 is 1.09 bits per heavy atom. The molecule has 2 N–H and O–H groups in total. The monoisotopic (exact) mass is 613 g/mol. The van der Waals surface area contributed by atoms with Crippen LogP contribution in [-0.2, 0) is 0 Å². The number of aryl methyl sites for hydroxylation is 3. The van der Waals surface area contributed by atoms with Crippen molar-refractivity contribution in [3.8, 4) is 20.9 Å². The highest BCUT2D eigenvalue weighted by Gasteiger charge is 2.30. The molecule has 0 atom stereocenters. The smallest absolute Gasteiger partial charge is 0.264 e. The molecule has 9 heteroatoms. The van der Waals surface area contributed by atoms with Crippen LogP contribution in [0.4, 0.5) is 5.00 Å². The van der Waals surface area contributed by atoms with E-state index in [1.54, 1.807) is 20.1 Å². The third-order valence-electron chi connectivity index (χ3n) is 8.52. The minimum atomic E-state index is -0.134. The molecule has 0 aliphatic rings.